The Bertz CT molecular complexity index is 2850. The number of hydrogen-bond acceptors (Lipinski definition) is 3. The number of nitrogens with zero attached hydrogens (tertiary/aromatic N) is 2. The third kappa shape index (κ3) is 4.63. The van der Waals surface area contributed by atoms with Crippen LogP contribution in [0.2, 0.25) is 0 Å². The molecular formula is C47H30N2O. The van der Waals surface area contributed by atoms with Crippen molar-refractivity contribution in [2.45, 2.75) is 0 Å². The number of furan rings is 1. The number of pyridine rings is 1. The molecule has 0 radical (unpaired) electrons. The highest BCUT2D eigenvalue weighted by Gasteiger charge is 2.18. The van der Waals surface area contributed by atoms with Crippen molar-refractivity contribution in [2.75, 3.05) is 4.90 Å². The predicted molar refractivity (Wildman–Crippen MR) is 210 cm³/mol. The van der Waals surface area contributed by atoms with E-state index in [2.05, 4.69) is 163 Å². The van der Waals surface area contributed by atoms with E-state index >= 15 is 0 Å². The van der Waals surface area contributed by atoms with Crippen molar-refractivity contribution >= 4 is 71.6 Å². The van der Waals surface area contributed by atoms with E-state index in [-0.39, 0.29) is 0 Å². The van der Waals surface area contributed by atoms with Gasteiger partial charge in [-0.15, -0.1) is 0 Å². The van der Waals surface area contributed by atoms with Gasteiger partial charge < -0.3 is 4.42 Å². The summed E-state index contributed by atoms with van der Waals surface area (Å²) >= 11 is 0. The Balaban J connectivity index is 1.12. The Hall–Kier alpha value is -6.71. The molecule has 0 amide bonds. The maximum Gasteiger partial charge on any atom is 0.229 e. The minimum Gasteiger partial charge on any atom is -0.438 e. The topological polar surface area (TPSA) is 29.3 Å². The second kappa shape index (κ2) is 11.5. The molecule has 10 aromatic rings. The Morgan fingerprint density at radius 3 is 1.74 bits per heavy atom. The molecule has 0 aliphatic heterocycles. The molecule has 2 aromatic heterocycles. The van der Waals surface area contributed by atoms with Crippen LogP contribution in [-0.4, -0.2) is 4.98 Å². The SMILES string of the molecule is c1ccc(-c2ccc(N(c3ccc(-c4cc5c6ccccc6ccc5c5ccccc45)cc3)c3ccc4c(n3)oc3ccccc34)cc2)cc1. The van der Waals surface area contributed by atoms with Crippen LogP contribution in [0.1, 0.15) is 0 Å². The number of fused-ring (bicyclic) bond motifs is 8. The summed E-state index contributed by atoms with van der Waals surface area (Å²) in [7, 11) is 0. The molecule has 50 heavy (non-hydrogen) atoms. The lowest BCUT2D eigenvalue weighted by atomic mass is 9.91. The first-order chi connectivity index (χ1) is 24.8. The minimum atomic E-state index is 0.626. The van der Waals surface area contributed by atoms with Gasteiger partial charge in [0.2, 0.25) is 5.71 Å². The van der Waals surface area contributed by atoms with E-state index < -0.39 is 0 Å². The zero-order chi connectivity index (χ0) is 33.0. The Labute approximate surface area is 289 Å². The summed E-state index contributed by atoms with van der Waals surface area (Å²) in [5.41, 5.74) is 8.24. The van der Waals surface area contributed by atoms with Gasteiger partial charge in [0.25, 0.3) is 0 Å². The van der Waals surface area contributed by atoms with E-state index in [0.717, 1.165) is 33.5 Å². The fraction of sp³-hybridized carbons (Fsp3) is 0. The van der Waals surface area contributed by atoms with Gasteiger partial charge in [0.15, 0.2) is 0 Å². The standard InChI is InChI=1S/C47H30N2O/c1-2-10-31(11-3-1)32-18-23-35(24-19-32)49(46-29-28-42-41-16-8-9-17-45(41)50-47(42)48-46)36-25-20-34(21-26-36)43-30-44-37-13-5-4-12-33(37)22-27-40(44)38-14-6-7-15-39(38)43/h1-30H. The summed E-state index contributed by atoms with van der Waals surface area (Å²) in [6, 6.07) is 64.6. The molecule has 0 fully saturated rings. The Morgan fingerprint density at radius 1 is 0.380 bits per heavy atom. The van der Waals surface area contributed by atoms with Crippen LogP contribution in [0.3, 0.4) is 0 Å². The maximum atomic E-state index is 6.24. The molecule has 0 N–H and O–H groups in total. The molecule has 0 aliphatic rings. The summed E-state index contributed by atoms with van der Waals surface area (Å²) in [5, 5.41) is 9.65. The van der Waals surface area contributed by atoms with Crippen molar-refractivity contribution in [3.8, 4) is 22.3 Å². The average molecular weight is 639 g/mol. The number of anilines is 3. The van der Waals surface area contributed by atoms with E-state index in [9.17, 15) is 0 Å². The van der Waals surface area contributed by atoms with Crippen molar-refractivity contribution < 1.29 is 4.42 Å². The third-order valence-electron chi connectivity index (χ3n) is 9.89. The first-order valence-electron chi connectivity index (χ1n) is 17.0. The van der Waals surface area contributed by atoms with Gasteiger partial charge in [-0.3, -0.25) is 4.90 Å². The zero-order valence-electron chi connectivity index (χ0n) is 27.1. The minimum absolute atomic E-state index is 0.626. The van der Waals surface area contributed by atoms with E-state index in [1.165, 1.54) is 54.6 Å². The summed E-state index contributed by atoms with van der Waals surface area (Å²) in [6.07, 6.45) is 0. The molecule has 0 spiro atoms. The number of rotatable bonds is 5. The number of para-hydroxylation sites is 1. The van der Waals surface area contributed by atoms with Gasteiger partial charge in [0.05, 0.1) is 0 Å². The predicted octanol–water partition coefficient (Wildman–Crippen LogP) is 13.2. The molecule has 0 saturated carbocycles. The maximum absolute atomic E-state index is 6.24. The molecule has 0 atom stereocenters. The molecule has 0 saturated heterocycles. The van der Waals surface area contributed by atoms with Crippen LogP contribution in [0, 0.1) is 0 Å². The number of aromatic nitrogens is 1. The first-order valence-corrected chi connectivity index (χ1v) is 17.0. The largest absolute Gasteiger partial charge is 0.438 e. The van der Waals surface area contributed by atoms with Crippen LogP contribution in [0.25, 0.3) is 76.6 Å². The molecule has 10 rings (SSSR count). The average Bonchev–Trinajstić information content (AvgIpc) is 3.56. The molecule has 2 heterocycles. The molecule has 0 aliphatic carbocycles. The number of benzene rings is 8. The van der Waals surface area contributed by atoms with Crippen molar-refractivity contribution in [1.29, 1.82) is 0 Å². The fourth-order valence-corrected chi connectivity index (χ4v) is 7.46. The summed E-state index contributed by atoms with van der Waals surface area (Å²) < 4.78 is 6.24. The third-order valence-corrected chi connectivity index (χ3v) is 9.89. The molecule has 3 heteroatoms. The van der Waals surface area contributed by atoms with E-state index in [0.29, 0.717) is 5.71 Å². The van der Waals surface area contributed by atoms with Gasteiger partial charge in [-0.1, -0.05) is 133 Å². The first kappa shape index (κ1) is 28.3. The van der Waals surface area contributed by atoms with Gasteiger partial charge in [-0.05, 0) is 103 Å². The zero-order valence-corrected chi connectivity index (χ0v) is 27.1. The van der Waals surface area contributed by atoms with Crippen LogP contribution >= 0.6 is 0 Å². The molecular weight excluding hydrogens is 609 g/mol. The summed E-state index contributed by atoms with van der Waals surface area (Å²) in [4.78, 5) is 7.30. The normalized spacial score (nSPS) is 11.6. The van der Waals surface area contributed by atoms with E-state index in [1.54, 1.807) is 0 Å². The van der Waals surface area contributed by atoms with Gasteiger partial charge in [-0.2, -0.15) is 4.98 Å². The van der Waals surface area contributed by atoms with Gasteiger partial charge in [-0.25, -0.2) is 0 Å². The molecule has 3 nitrogen and oxygen atoms in total. The van der Waals surface area contributed by atoms with Crippen LogP contribution in [-0.2, 0) is 0 Å². The van der Waals surface area contributed by atoms with Crippen LogP contribution in [0.15, 0.2) is 186 Å². The lowest BCUT2D eigenvalue weighted by Crippen LogP contribution is -2.11. The van der Waals surface area contributed by atoms with E-state index in [4.69, 9.17) is 9.40 Å². The molecule has 234 valence electrons. The van der Waals surface area contributed by atoms with Crippen molar-refractivity contribution in [3.63, 3.8) is 0 Å². The van der Waals surface area contributed by atoms with Crippen LogP contribution < -0.4 is 4.90 Å². The second-order valence-corrected chi connectivity index (χ2v) is 12.8. The highest BCUT2D eigenvalue weighted by atomic mass is 16.3. The van der Waals surface area contributed by atoms with Crippen molar-refractivity contribution in [1.82, 2.24) is 4.98 Å². The summed E-state index contributed by atoms with van der Waals surface area (Å²) in [6.45, 7) is 0. The number of hydrogen-bond donors (Lipinski definition) is 0. The Kier molecular flexibility index (Phi) is 6.49. The molecule has 0 unspecified atom stereocenters. The molecule has 0 bridgehead atoms. The van der Waals surface area contributed by atoms with Gasteiger partial charge >= 0.3 is 0 Å². The second-order valence-electron chi connectivity index (χ2n) is 12.8. The van der Waals surface area contributed by atoms with Crippen LogP contribution in [0.4, 0.5) is 17.2 Å². The Morgan fingerprint density at radius 2 is 0.960 bits per heavy atom. The lowest BCUT2D eigenvalue weighted by Gasteiger charge is -2.25. The molecule has 8 aromatic carbocycles. The quantitative estimate of drug-likeness (QED) is 0.176. The van der Waals surface area contributed by atoms with Crippen molar-refractivity contribution in [2.24, 2.45) is 0 Å². The fourth-order valence-electron chi connectivity index (χ4n) is 7.46. The smallest absolute Gasteiger partial charge is 0.229 e. The van der Waals surface area contributed by atoms with Crippen molar-refractivity contribution in [3.05, 3.63) is 182 Å². The summed E-state index contributed by atoms with van der Waals surface area (Å²) in [5.74, 6) is 0.791. The highest BCUT2D eigenvalue weighted by Crippen LogP contribution is 2.41. The monoisotopic (exact) mass is 638 g/mol. The van der Waals surface area contributed by atoms with Gasteiger partial charge in [0, 0.05) is 22.1 Å². The van der Waals surface area contributed by atoms with Gasteiger partial charge in [0.1, 0.15) is 11.4 Å². The highest BCUT2D eigenvalue weighted by molar-refractivity contribution is 6.21. The lowest BCUT2D eigenvalue weighted by molar-refractivity contribution is 0.654. The van der Waals surface area contributed by atoms with Crippen LogP contribution in [0.5, 0.6) is 0 Å². The van der Waals surface area contributed by atoms with E-state index in [1.807, 2.05) is 24.3 Å².